The third-order valence-corrected chi connectivity index (χ3v) is 3.46. The molecule has 6 heteroatoms. The third kappa shape index (κ3) is 3.71. The molecule has 0 aromatic heterocycles. The van der Waals surface area contributed by atoms with Crippen LogP contribution in [0.2, 0.25) is 0 Å². The summed E-state index contributed by atoms with van der Waals surface area (Å²) in [7, 11) is 0. The summed E-state index contributed by atoms with van der Waals surface area (Å²) in [5.74, 6) is -0.337. The molecule has 1 saturated heterocycles. The van der Waals surface area contributed by atoms with Gasteiger partial charge >= 0.3 is 0 Å². The van der Waals surface area contributed by atoms with Crippen LogP contribution in [0.1, 0.15) is 41.0 Å². The van der Waals surface area contributed by atoms with E-state index in [0.29, 0.717) is 19.6 Å². The number of hydrogen-bond acceptors (Lipinski definition) is 3. The molecular formula is C14H25N3O3. The number of nitrogens with zero attached hydrogens (tertiary/aromatic N) is 1. The third-order valence-electron chi connectivity index (χ3n) is 3.46. The van der Waals surface area contributed by atoms with Crippen LogP contribution in [-0.2, 0) is 14.4 Å². The van der Waals surface area contributed by atoms with Crippen molar-refractivity contribution in [2.75, 3.05) is 19.6 Å². The van der Waals surface area contributed by atoms with Gasteiger partial charge in [-0.15, -0.1) is 0 Å². The van der Waals surface area contributed by atoms with Gasteiger partial charge in [-0.25, -0.2) is 0 Å². The second kappa shape index (κ2) is 5.81. The topological polar surface area (TPSA) is 78.5 Å². The summed E-state index contributed by atoms with van der Waals surface area (Å²) >= 11 is 0. The first kappa shape index (κ1) is 16.5. The SMILES string of the molecule is CC(C)(C)C(=O)NCCC(=O)N1CCNC(=O)C1(C)C. The Morgan fingerprint density at radius 1 is 1.35 bits per heavy atom. The maximum Gasteiger partial charge on any atom is 0.245 e. The van der Waals surface area contributed by atoms with E-state index in [2.05, 4.69) is 10.6 Å². The second-order valence-corrected chi connectivity index (χ2v) is 6.62. The van der Waals surface area contributed by atoms with Gasteiger partial charge in [0.2, 0.25) is 17.7 Å². The minimum absolute atomic E-state index is 0.0825. The number of hydrogen-bond donors (Lipinski definition) is 2. The zero-order chi connectivity index (χ0) is 15.6. The Morgan fingerprint density at radius 2 is 1.95 bits per heavy atom. The van der Waals surface area contributed by atoms with E-state index in [0.717, 1.165) is 0 Å². The van der Waals surface area contributed by atoms with Gasteiger partial charge in [0, 0.05) is 31.5 Å². The zero-order valence-electron chi connectivity index (χ0n) is 13.0. The molecule has 114 valence electrons. The standard InChI is InChI=1S/C14H25N3O3/c1-13(2,3)11(19)15-7-6-10(18)17-9-8-16-12(20)14(17,4)5/h6-9H2,1-5H3,(H,15,19)(H,16,20). The lowest BCUT2D eigenvalue weighted by Crippen LogP contribution is -2.63. The van der Waals surface area contributed by atoms with Gasteiger partial charge in [-0.1, -0.05) is 20.8 Å². The Bertz CT molecular complexity index is 410. The Balaban J connectivity index is 2.51. The summed E-state index contributed by atoms with van der Waals surface area (Å²) in [5, 5.41) is 5.49. The van der Waals surface area contributed by atoms with E-state index >= 15 is 0 Å². The van der Waals surface area contributed by atoms with E-state index < -0.39 is 11.0 Å². The van der Waals surface area contributed by atoms with Crippen molar-refractivity contribution in [3.8, 4) is 0 Å². The molecule has 6 nitrogen and oxygen atoms in total. The van der Waals surface area contributed by atoms with E-state index in [-0.39, 0.29) is 24.1 Å². The summed E-state index contributed by atoms with van der Waals surface area (Å²) in [6.45, 7) is 10.2. The predicted octanol–water partition coefficient (Wildman–Crippen LogP) is 0.276. The number of nitrogens with one attached hydrogen (secondary N) is 2. The molecule has 0 bridgehead atoms. The van der Waals surface area contributed by atoms with Crippen molar-refractivity contribution in [1.82, 2.24) is 15.5 Å². The highest BCUT2D eigenvalue weighted by atomic mass is 16.2. The van der Waals surface area contributed by atoms with Crippen LogP contribution in [0.5, 0.6) is 0 Å². The molecule has 20 heavy (non-hydrogen) atoms. The monoisotopic (exact) mass is 283 g/mol. The van der Waals surface area contributed by atoms with Gasteiger partial charge in [0.15, 0.2) is 0 Å². The number of carbonyl (C=O) groups excluding carboxylic acids is 3. The number of piperazine rings is 1. The van der Waals surface area contributed by atoms with E-state index in [9.17, 15) is 14.4 Å². The van der Waals surface area contributed by atoms with Gasteiger partial charge in [-0.05, 0) is 13.8 Å². The average molecular weight is 283 g/mol. The number of carbonyl (C=O) groups is 3. The van der Waals surface area contributed by atoms with Gasteiger partial charge in [0.05, 0.1) is 0 Å². The van der Waals surface area contributed by atoms with Gasteiger partial charge in [-0.2, -0.15) is 0 Å². The lowest BCUT2D eigenvalue weighted by atomic mass is 9.95. The van der Waals surface area contributed by atoms with Crippen LogP contribution in [0.25, 0.3) is 0 Å². The van der Waals surface area contributed by atoms with Crippen molar-refractivity contribution in [3.63, 3.8) is 0 Å². The minimum atomic E-state index is -0.830. The average Bonchev–Trinajstić information content (AvgIpc) is 2.31. The predicted molar refractivity (Wildman–Crippen MR) is 75.9 cm³/mol. The first-order chi connectivity index (χ1) is 9.06. The maximum atomic E-state index is 12.2. The molecule has 0 atom stereocenters. The van der Waals surface area contributed by atoms with E-state index in [1.807, 2.05) is 20.8 Å². The molecular weight excluding hydrogens is 258 g/mol. The van der Waals surface area contributed by atoms with Crippen molar-refractivity contribution in [2.45, 2.75) is 46.6 Å². The van der Waals surface area contributed by atoms with Crippen LogP contribution in [0.15, 0.2) is 0 Å². The molecule has 1 aliphatic rings. The molecule has 0 aromatic carbocycles. The minimum Gasteiger partial charge on any atom is -0.355 e. The molecule has 1 heterocycles. The fourth-order valence-corrected chi connectivity index (χ4v) is 2.02. The molecule has 0 aliphatic carbocycles. The molecule has 0 spiro atoms. The van der Waals surface area contributed by atoms with Crippen LogP contribution >= 0.6 is 0 Å². The Morgan fingerprint density at radius 3 is 2.50 bits per heavy atom. The summed E-state index contributed by atoms with van der Waals surface area (Å²) in [6, 6.07) is 0. The Hall–Kier alpha value is -1.59. The summed E-state index contributed by atoms with van der Waals surface area (Å²) in [5.41, 5.74) is -1.29. The van der Waals surface area contributed by atoms with Gasteiger partial charge in [-0.3, -0.25) is 14.4 Å². The van der Waals surface area contributed by atoms with Gasteiger partial charge < -0.3 is 15.5 Å². The van der Waals surface area contributed by atoms with E-state index in [4.69, 9.17) is 0 Å². The first-order valence-corrected chi connectivity index (χ1v) is 6.94. The van der Waals surface area contributed by atoms with Crippen LogP contribution in [0, 0.1) is 5.41 Å². The zero-order valence-corrected chi connectivity index (χ0v) is 13.0. The second-order valence-electron chi connectivity index (χ2n) is 6.62. The summed E-state index contributed by atoms with van der Waals surface area (Å²) in [6.07, 6.45) is 0.207. The van der Waals surface area contributed by atoms with Crippen molar-refractivity contribution in [2.24, 2.45) is 5.41 Å². The van der Waals surface area contributed by atoms with Gasteiger partial charge in [0.1, 0.15) is 5.54 Å². The molecule has 1 aliphatic heterocycles. The molecule has 1 fully saturated rings. The molecule has 1 rings (SSSR count). The Kier molecular flexibility index (Phi) is 4.78. The molecule has 0 saturated carbocycles. The van der Waals surface area contributed by atoms with E-state index in [1.165, 1.54) is 0 Å². The molecule has 2 N–H and O–H groups in total. The van der Waals surface area contributed by atoms with Crippen molar-refractivity contribution in [1.29, 1.82) is 0 Å². The highest BCUT2D eigenvalue weighted by Gasteiger charge is 2.40. The molecule has 0 aromatic rings. The highest BCUT2D eigenvalue weighted by molar-refractivity contribution is 5.92. The van der Waals surface area contributed by atoms with Crippen LogP contribution in [0.4, 0.5) is 0 Å². The summed E-state index contributed by atoms with van der Waals surface area (Å²) < 4.78 is 0. The van der Waals surface area contributed by atoms with Crippen LogP contribution in [-0.4, -0.2) is 47.8 Å². The molecule has 0 radical (unpaired) electrons. The molecule has 3 amide bonds. The maximum absolute atomic E-state index is 12.2. The van der Waals surface area contributed by atoms with Gasteiger partial charge in [0.25, 0.3) is 0 Å². The van der Waals surface area contributed by atoms with Crippen LogP contribution in [0.3, 0.4) is 0 Å². The molecule has 0 unspecified atom stereocenters. The Labute approximate surface area is 120 Å². The quantitative estimate of drug-likeness (QED) is 0.780. The highest BCUT2D eigenvalue weighted by Crippen LogP contribution is 2.18. The number of amides is 3. The largest absolute Gasteiger partial charge is 0.355 e. The lowest BCUT2D eigenvalue weighted by Gasteiger charge is -2.41. The van der Waals surface area contributed by atoms with Crippen molar-refractivity contribution >= 4 is 17.7 Å². The van der Waals surface area contributed by atoms with E-state index in [1.54, 1.807) is 18.7 Å². The van der Waals surface area contributed by atoms with Crippen molar-refractivity contribution < 1.29 is 14.4 Å². The van der Waals surface area contributed by atoms with Crippen LogP contribution < -0.4 is 10.6 Å². The smallest absolute Gasteiger partial charge is 0.245 e. The number of rotatable bonds is 3. The fourth-order valence-electron chi connectivity index (χ4n) is 2.02. The normalized spacial score (nSPS) is 18.4. The summed E-state index contributed by atoms with van der Waals surface area (Å²) in [4.78, 5) is 37.2. The van der Waals surface area contributed by atoms with Crippen molar-refractivity contribution in [3.05, 3.63) is 0 Å². The fraction of sp³-hybridized carbons (Fsp3) is 0.786. The first-order valence-electron chi connectivity index (χ1n) is 6.94. The lowest BCUT2D eigenvalue weighted by molar-refractivity contribution is -0.149.